The summed E-state index contributed by atoms with van der Waals surface area (Å²) in [7, 11) is 0. The van der Waals surface area contributed by atoms with Crippen molar-refractivity contribution in [3.63, 3.8) is 0 Å². The van der Waals surface area contributed by atoms with E-state index < -0.39 is 5.97 Å². The normalized spacial score (nSPS) is 20.3. The van der Waals surface area contributed by atoms with Gasteiger partial charge in [-0.05, 0) is 37.1 Å². The van der Waals surface area contributed by atoms with Gasteiger partial charge in [-0.25, -0.2) is 14.3 Å². The molecule has 0 radical (unpaired) electrons. The molecule has 0 aromatic carbocycles. The van der Waals surface area contributed by atoms with Crippen molar-refractivity contribution in [1.82, 2.24) is 19.6 Å². The van der Waals surface area contributed by atoms with Crippen LogP contribution in [0, 0.1) is 6.92 Å². The van der Waals surface area contributed by atoms with E-state index in [1.54, 1.807) is 4.52 Å². The smallest absolute Gasteiger partial charge is 0.375 e. The minimum atomic E-state index is -1.12. The van der Waals surface area contributed by atoms with E-state index in [0.717, 1.165) is 36.5 Å². The minimum Gasteiger partial charge on any atom is -0.475 e. The maximum absolute atomic E-state index is 11.1. The van der Waals surface area contributed by atoms with Crippen molar-refractivity contribution in [2.45, 2.75) is 25.7 Å². The summed E-state index contributed by atoms with van der Waals surface area (Å²) in [5.41, 5.74) is 3.60. The Bertz CT molecular complexity index is 953. The van der Waals surface area contributed by atoms with Gasteiger partial charge in [0.1, 0.15) is 0 Å². The van der Waals surface area contributed by atoms with E-state index in [2.05, 4.69) is 33.0 Å². The van der Waals surface area contributed by atoms with Gasteiger partial charge in [-0.2, -0.15) is 0 Å². The molecule has 0 bridgehead atoms. The van der Waals surface area contributed by atoms with E-state index in [1.807, 2.05) is 37.5 Å². The van der Waals surface area contributed by atoms with Crippen molar-refractivity contribution in [2.24, 2.45) is 0 Å². The standard InChI is InChI=1S/C18H19N5O2/c1-12-9-13(10-23-16(12)20-15(21-23)17(24)25)22-8-6-18(2,11-22)14-5-3-4-7-19-14/h3-5,7,9-10H,6,8,11H2,1-2H3,(H,24,25). The maximum Gasteiger partial charge on any atom is 0.375 e. The topological polar surface area (TPSA) is 83.6 Å². The van der Waals surface area contributed by atoms with Crippen LogP contribution in [0.1, 0.15) is 35.2 Å². The Morgan fingerprint density at radius 1 is 1.36 bits per heavy atom. The number of nitrogens with zero attached hydrogens (tertiary/aromatic N) is 5. The molecule has 0 aliphatic carbocycles. The molecule has 3 aromatic rings. The van der Waals surface area contributed by atoms with Crippen molar-refractivity contribution >= 4 is 17.3 Å². The molecule has 128 valence electrons. The van der Waals surface area contributed by atoms with Crippen LogP contribution in [0.3, 0.4) is 0 Å². The zero-order chi connectivity index (χ0) is 17.6. The summed E-state index contributed by atoms with van der Waals surface area (Å²) in [6.07, 6.45) is 4.70. The van der Waals surface area contributed by atoms with Gasteiger partial charge in [0.25, 0.3) is 5.82 Å². The molecular weight excluding hydrogens is 318 g/mol. The van der Waals surface area contributed by atoms with Gasteiger partial charge in [0.05, 0.1) is 11.9 Å². The number of aromatic nitrogens is 4. The summed E-state index contributed by atoms with van der Waals surface area (Å²) in [6, 6.07) is 8.07. The number of anilines is 1. The summed E-state index contributed by atoms with van der Waals surface area (Å²) in [5.74, 6) is -1.30. The van der Waals surface area contributed by atoms with E-state index in [1.165, 1.54) is 0 Å². The van der Waals surface area contributed by atoms with Crippen LogP contribution in [0.15, 0.2) is 36.7 Å². The third-order valence-electron chi connectivity index (χ3n) is 4.92. The second-order valence-electron chi connectivity index (χ2n) is 6.84. The zero-order valence-corrected chi connectivity index (χ0v) is 14.2. The number of hydrogen-bond acceptors (Lipinski definition) is 5. The van der Waals surface area contributed by atoms with Gasteiger partial charge in [0.2, 0.25) is 0 Å². The lowest BCUT2D eigenvalue weighted by Gasteiger charge is -2.25. The first-order valence-electron chi connectivity index (χ1n) is 8.23. The van der Waals surface area contributed by atoms with E-state index >= 15 is 0 Å². The van der Waals surface area contributed by atoms with Gasteiger partial charge in [-0.1, -0.05) is 13.0 Å². The SMILES string of the molecule is Cc1cc(N2CCC(C)(c3ccccn3)C2)cn2nc(C(=O)O)nc12. The highest BCUT2D eigenvalue weighted by Crippen LogP contribution is 2.35. The third kappa shape index (κ3) is 2.61. The lowest BCUT2D eigenvalue weighted by Crippen LogP contribution is -2.29. The predicted octanol–water partition coefficient (Wildman–Crippen LogP) is 2.30. The molecule has 7 heteroatoms. The molecule has 1 aliphatic heterocycles. The number of aromatic carboxylic acids is 1. The van der Waals surface area contributed by atoms with Crippen molar-refractivity contribution in [1.29, 1.82) is 0 Å². The molecule has 0 amide bonds. The number of fused-ring (bicyclic) bond motifs is 1. The lowest BCUT2D eigenvalue weighted by molar-refractivity contribution is 0.0684. The Labute approximate surface area is 144 Å². The summed E-state index contributed by atoms with van der Waals surface area (Å²) >= 11 is 0. The molecule has 25 heavy (non-hydrogen) atoms. The summed E-state index contributed by atoms with van der Waals surface area (Å²) in [4.78, 5) is 22.0. The number of hydrogen-bond donors (Lipinski definition) is 1. The fourth-order valence-corrected chi connectivity index (χ4v) is 3.50. The van der Waals surface area contributed by atoms with Gasteiger partial charge in [-0.15, -0.1) is 5.10 Å². The average molecular weight is 337 g/mol. The van der Waals surface area contributed by atoms with Crippen molar-refractivity contribution < 1.29 is 9.90 Å². The van der Waals surface area contributed by atoms with Crippen LogP contribution in [0.25, 0.3) is 5.65 Å². The number of pyridine rings is 2. The van der Waals surface area contributed by atoms with Crippen molar-refractivity contribution in [3.8, 4) is 0 Å². The number of carbonyl (C=O) groups is 1. The molecule has 1 atom stereocenters. The highest BCUT2D eigenvalue weighted by molar-refractivity contribution is 5.84. The van der Waals surface area contributed by atoms with Crippen LogP contribution in [-0.4, -0.2) is 43.7 Å². The quantitative estimate of drug-likeness (QED) is 0.789. The molecular formula is C18H19N5O2. The number of carboxylic acids is 1. The maximum atomic E-state index is 11.1. The largest absolute Gasteiger partial charge is 0.475 e. The van der Waals surface area contributed by atoms with Crippen LogP contribution in [0.5, 0.6) is 0 Å². The van der Waals surface area contributed by atoms with E-state index in [-0.39, 0.29) is 11.2 Å². The zero-order valence-electron chi connectivity index (χ0n) is 14.2. The van der Waals surface area contributed by atoms with Crippen LogP contribution >= 0.6 is 0 Å². The minimum absolute atomic E-state index is 0.00128. The van der Waals surface area contributed by atoms with Gasteiger partial charge in [-0.3, -0.25) is 4.98 Å². The van der Waals surface area contributed by atoms with Crippen LogP contribution in [-0.2, 0) is 5.41 Å². The first-order valence-corrected chi connectivity index (χ1v) is 8.23. The molecule has 0 spiro atoms. The molecule has 4 rings (SSSR count). The summed E-state index contributed by atoms with van der Waals surface area (Å²) in [5, 5.41) is 13.2. The van der Waals surface area contributed by atoms with Gasteiger partial charge in [0.15, 0.2) is 5.65 Å². The van der Waals surface area contributed by atoms with E-state index in [9.17, 15) is 4.79 Å². The lowest BCUT2D eigenvalue weighted by atomic mass is 9.85. The number of carboxylic acid groups (broad SMARTS) is 1. The van der Waals surface area contributed by atoms with Gasteiger partial charge >= 0.3 is 5.97 Å². The Morgan fingerprint density at radius 2 is 2.20 bits per heavy atom. The molecule has 1 N–H and O–H groups in total. The number of rotatable bonds is 3. The highest BCUT2D eigenvalue weighted by Gasteiger charge is 2.36. The second-order valence-corrected chi connectivity index (χ2v) is 6.84. The highest BCUT2D eigenvalue weighted by atomic mass is 16.4. The van der Waals surface area contributed by atoms with E-state index in [0.29, 0.717) is 5.65 Å². The van der Waals surface area contributed by atoms with Crippen LogP contribution in [0.4, 0.5) is 5.69 Å². The monoisotopic (exact) mass is 337 g/mol. The molecule has 1 unspecified atom stereocenters. The Morgan fingerprint density at radius 3 is 2.92 bits per heavy atom. The molecule has 1 aliphatic rings. The number of aryl methyl sites for hydroxylation is 1. The first kappa shape index (κ1) is 15.6. The van der Waals surface area contributed by atoms with Crippen LogP contribution in [0.2, 0.25) is 0 Å². The predicted molar refractivity (Wildman–Crippen MR) is 93.1 cm³/mol. The Hall–Kier alpha value is -2.96. The molecule has 4 heterocycles. The second kappa shape index (κ2) is 5.54. The fraction of sp³-hybridized carbons (Fsp3) is 0.333. The van der Waals surface area contributed by atoms with Crippen molar-refractivity contribution in [2.75, 3.05) is 18.0 Å². The molecule has 3 aromatic heterocycles. The Kier molecular flexibility index (Phi) is 3.45. The molecule has 1 fully saturated rings. The fourth-order valence-electron chi connectivity index (χ4n) is 3.50. The Balaban J connectivity index is 1.68. The summed E-state index contributed by atoms with van der Waals surface area (Å²) in [6.45, 7) is 5.93. The molecule has 1 saturated heterocycles. The van der Waals surface area contributed by atoms with Gasteiger partial charge < -0.3 is 10.0 Å². The average Bonchev–Trinajstić information content (AvgIpc) is 3.21. The van der Waals surface area contributed by atoms with Crippen LogP contribution < -0.4 is 4.90 Å². The van der Waals surface area contributed by atoms with E-state index in [4.69, 9.17) is 5.11 Å². The third-order valence-corrected chi connectivity index (χ3v) is 4.92. The van der Waals surface area contributed by atoms with Crippen molar-refractivity contribution in [3.05, 3.63) is 53.7 Å². The van der Waals surface area contributed by atoms with Gasteiger partial charge in [0, 0.05) is 30.4 Å². The molecule has 7 nitrogen and oxygen atoms in total. The molecule has 0 saturated carbocycles. The summed E-state index contributed by atoms with van der Waals surface area (Å²) < 4.78 is 1.56. The first-order chi connectivity index (χ1) is 12.0.